The Morgan fingerprint density at radius 2 is 1.79 bits per heavy atom. The second-order valence-corrected chi connectivity index (χ2v) is 7.09. The van der Waals surface area contributed by atoms with E-state index in [1.54, 1.807) is 0 Å². The third-order valence-electron chi connectivity index (χ3n) is 5.48. The van der Waals surface area contributed by atoms with Gasteiger partial charge in [0.05, 0.1) is 29.3 Å². The van der Waals surface area contributed by atoms with Crippen molar-refractivity contribution in [3.8, 4) is 6.07 Å². The Morgan fingerprint density at radius 1 is 1.10 bits per heavy atom. The molecule has 2 fully saturated rings. The van der Waals surface area contributed by atoms with Crippen LogP contribution in [0, 0.1) is 17.3 Å². The lowest BCUT2D eigenvalue weighted by atomic mass is 9.89. The van der Waals surface area contributed by atoms with Crippen molar-refractivity contribution in [3.63, 3.8) is 0 Å². The lowest BCUT2D eigenvalue weighted by Crippen LogP contribution is -2.40. The molecule has 2 amide bonds. The fraction of sp³-hybridized carbons (Fsp3) is 0.350. The number of urea groups is 1. The molecule has 0 radical (unpaired) electrons. The van der Waals surface area contributed by atoms with E-state index in [-0.39, 0.29) is 23.5 Å². The Hall–Kier alpha value is -3.15. The topological polar surface area (TPSA) is 60.2 Å². The highest BCUT2D eigenvalue weighted by molar-refractivity contribution is 6.07. The standard InChI is InChI=1S/C20H16F4N4O/c21-18-17(6-3-9-26-18)28-16-5-2-1-4-15(16)27(19(28)29)13-8-7-12(11-25)14(10-13)20(22,23)24/h3,6-10,15-16H,1-2,4-5H2/t15-,16-/m1/s1. The van der Waals surface area contributed by atoms with Gasteiger partial charge in [0, 0.05) is 11.9 Å². The summed E-state index contributed by atoms with van der Waals surface area (Å²) in [7, 11) is 0. The number of alkyl halides is 3. The predicted octanol–water partition coefficient (Wildman–Crippen LogP) is 4.87. The number of pyridine rings is 1. The normalized spacial score (nSPS) is 21.8. The summed E-state index contributed by atoms with van der Waals surface area (Å²) in [6.07, 6.45) is -0.602. The highest BCUT2D eigenvalue weighted by Gasteiger charge is 2.49. The number of nitrogens with zero attached hydrogens (tertiary/aromatic N) is 4. The minimum absolute atomic E-state index is 0.0154. The number of carbonyl (C=O) groups is 1. The first-order valence-corrected chi connectivity index (χ1v) is 9.17. The smallest absolute Gasteiger partial charge is 0.289 e. The highest BCUT2D eigenvalue weighted by atomic mass is 19.4. The molecule has 1 saturated heterocycles. The van der Waals surface area contributed by atoms with Crippen molar-refractivity contribution in [2.45, 2.75) is 43.9 Å². The number of amides is 2. The molecule has 2 aromatic rings. The number of hydrogen-bond acceptors (Lipinski definition) is 3. The number of aromatic nitrogens is 1. The van der Waals surface area contributed by atoms with Crippen LogP contribution < -0.4 is 9.80 Å². The summed E-state index contributed by atoms with van der Waals surface area (Å²) in [6.45, 7) is 0. The van der Waals surface area contributed by atoms with E-state index in [0.29, 0.717) is 12.8 Å². The predicted molar refractivity (Wildman–Crippen MR) is 96.8 cm³/mol. The first-order valence-electron chi connectivity index (χ1n) is 9.17. The minimum atomic E-state index is -4.73. The summed E-state index contributed by atoms with van der Waals surface area (Å²) >= 11 is 0. The molecule has 1 aromatic heterocycles. The fourth-order valence-electron chi connectivity index (χ4n) is 4.25. The van der Waals surface area contributed by atoms with Crippen molar-refractivity contribution in [1.82, 2.24) is 4.98 Å². The van der Waals surface area contributed by atoms with Crippen LogP contribution in [0.25, 0.3) is 0 Å². The van der Waals surface area contributed by atoms with Crippen LogP contribution in [0.15, 0.2) is 36.5 Å². The molecule has 9 heteroatoms. The SMILES string of the molecule is N#Cc1ccc(N2C(=O)N(c3cccnc3F)[C@@H]3CCCC[C@H]32)cc1C(F)(F)F. The zero-order chi connectivity index (χ0) is 20.8. The molecule has 5 nitrogen and oxygen atoms in total. The van der Waals surface area contributed by atoms with E-state index < -0.39 is 29.3 Å². The van der Waals surface area contributed by atoms with E-state index in [0.717, 1.165) is 25.0 Å². The van der Waals surface area contributed by atoms with Crippen LogP contribution in [0.5, 0.6) is 0 Å². The first-order chi connectivity index (χ1) is 13.8. The molecule has 0 bridgehead atoms. The molecular weight excluding hydrogens is 388 g/mol. The van der Waals surface area contributed by atoms with Crippen molar-refractivity contribution in [2.24, 2.45) is 0 Å². The van der Waals surface area contributed by atoms with Gasteiger partial charge in [-0.05, 0) is 43.2 Å². The molecule has 0 N–H and O–H groups in total. The number of fused-ring (bicyclic) bond motifs is 1. The van der Waals surface area contributed by atoms with Gasteiger partial charge in [-0.2, -0.15) is 22.8 Å². The maximum absolute atomic E-state index is 14.3. The molecule has 4 rings (SSSR count). The number of carbonyl (C=O) groups excluding carboxylic acids is 1. The molecular formula is C20H16F4N4O. The summed E-state index contributed by atoms with van der Waals surface area (Å²) in [5.41, 5.74) is -1.54. The Bertz CT molecular complexity index is 1000. The summed E-state index contributed by atoms with van der Waals surface area (Å²) < 4.78 is 54.5. The molecule has 0 unspecified atom stereocenters. The van der Waals surface area contributed by atoms with Gasteiger partial charge in [0.15, 0.2) is 0 Å². The van der Waals surface area contributed by atoms with E-state index in [9.17, 15) is 22.4 Å². The zero-order valence-electron chi connectivity index (χ0n) is 15.2. The molecule has 0 spiro atoms. The number of anilines is 2. The van der Waals surface area contributed by atoms with E-state index in [1.807, 2.05) is 0 Å². The minimum Gasteiger partial charge on any atom is -0.289 e. The van der Waals surface area contributed by atoms with Crippen molar-refractivity contribution < 1.29 is 22.4 Å². The first kappa shape index (κ1) is 19.2. The molecule has 2 heterocycles. The molecule has 2 atom stereocenters. The van der Waals surface area contributed by atoms with Gasteiger partial charge < -0.3 is 0 Å². The van der Waals surface area contributed by atoms with Crippen LogP contribution in [0.1, 0.15) is 36.8 Å². The van der Waals surface area contributed by atoms with Gasteiger partial charge in [-0.3, -0.25) is 9.80 Å². The molecule has 1 aromatic carbocycles. The van der Waals surface area contributed by atoms with Crippen LogP contribution >= 0.6 is 0 Å². The van der Waals surface area contributed by atoms with Crippen LogP contribution in [0.3, 0.4) is 0 Å². The lowest BCUT2D eigenvalue weighted by molar-refractivity contribution is -0.137. The van der Waals surface area contributed by atoms with Gasteiger partial charge in [0.1, 0.15) is 5.69 Å². The van der Waals surface area contributed by atoms with Crippen molar-refractivity contribution >= 4 is 17.4 Å². The second-order valence-electron chi connectivity index (χ2n) is 7.09. The second kappa shape index (κ2) is 7.03. The third kappa shape index (κ3) is 3.18. The molecule has 29 heavy (non-hydrogen) atoms. The number of hydrogen-bond donors (Lipinski definition) is 0. The van der Waals surface area contributed by atoms with Gasteiger partial charge >= 0.3 is 12.2 Å². The lowest BCUT2D eigenvalue weighted by Gasteiger charge is -2.31. The summed E-state index contributed by atoms with van der Waals surface area (Å²) in [5.74, 6) is -0.803. The Kier molecular flexibility index (Phi) is 4.65. The summed E-state index contributed by atoms with van der Waals surface area (Å²) in [4.78, 5) is 19.5. The Balaban J connectivity index is 1.81. The maximum atomic E-state index is 14.3. The number of rotatable bonds is 2. The number of benzene rings is 1. The van der Waals surface area contributed by atoms with Crippen molar-refractivity contribution in [2.75, 3.05) is 9.80 Å². The van der Waals surface area contributed by atoms with Gasteiger partial charge in [-0.25, -0.2) is 9.78 Å². The van der Waals surface area contributed by atoms with Gasteiger partial charge in [0.25, 0.3) is 0 Å². The van der Waals surface area contributed by atoms with Crippen molar-refractivity contribution in [1.29, 1.82) is 5.26 Å². The van der Waals surface area contributed by atoms with E-state index >= 15 is 0 Å². The quantitative estimate of drug-likeness (QED) is 0.530. The van der Waals surface area contributed by atoms with E-state index in [4.69, 9.17) is 5.26 Å². The largest absolute Gasteiger partial charge is 0.417 e. The van der Waals surface area contributed by atoms with E-state index in [2.05, 4.69) is 4.98 Å². The van der Waals surface area contributed by atoms with Crippen LogP contribution in [-0.2, 0) is 6.18 Å². The number of nitriles is 1. The van der Waals surface area contributed by atoms with Crippen molar-refractivity contribution in [3.05, 3.63) is 53.6 Å². The molecule has 2 aliphatic rings. The van der Waals surface area contributed by atoms with Crippen LogP contribution in [0.4, 0.5) is 33.7 Å². The number of halogens is 4. The highest BCUT2D eigenvalue weighted by Crippen LogP contribution is 2.42. The zero-order valence-corrected chi connectivity index (χ0v) is 15.2. The molecule has 1 saturated carbocycles. The van der Waals surface area contributed by atoms with Gasteiger partial charge in [-0.15, -0.1) is 0 Å². The van der Waals surface area contributed by atoms with Crippen LogP contribution in [0.2, 0.25) is 0 Å². The average molecular weight is 404 g/mol. The fourth-order valence-corrected chi connectivity index (χ4v) is 4.25. The summed E-state index contributed by atoms with van der Waals surface area (Å²) in [6, 6.07) is 6.38. The summed E-state index contributed by atoms with van der Waals surface area (Å²) in [5, 5.41) is 9.01. The third-order valence-corrected chi connectivity index (χ3v) is 5.48. The van der Waals surface area contributed by atoms with Gasteiger partial charge in [0.2, 0.25) is 5.95 Å². The van der Waals surface area contributed by atoms with Gasteiger partial charge in [-0.1, -0.05) is 12.8 Å². The van der Waals surface area contributed by atoms with E-state index in [1.165, 1.54) is 40.3 Å². The average Bonchev–Trinajstić information content (AvgIpc) is 2.99. The Morgan fingerprint density at radius 3 is 2.41 bits per heavy atom. The molecule has 1 aliphatic heterocycles. The van der Waals surface area contributed by atoms with Crippen LogP contribution in [-0.4, -0.2) is 23.1 Å². The monoisotopic (exact) mass is 404 g/mol. The molecule has 1 aliphatic carbocycles. The molecule has 150 valence electrons. The maximum Gasteiger partial charge on any atom is 0.417 e. The Labute approximate surface area is 164 Å².